The Morgan fingerprint density at radius 3 is 2.07 bits per heavy atom. The molecule has 0 bridgehead atoms. The van der Waals surface area contributed by atoms with Gasteiger partial charge in [0.05, 0.1) is 0 Å². The second-order valence-corrected chi connectivity index (χ2v) is 12.1. The van der Waals surface area contributed by atoms with E-state index in [1.54, 1.807) is 0 Å². The number of para-hydroxylation sites is 1. The smallest absolute Gasteiger partial charge is 0.136 e. The fraction of sp³-hybridized carbons (Fsp3) is 0.0714. The molecule has 0 aliphatic heterocycles. The Hall–Kier alpha value is -5.87. The summed E-state index contributed by atoms with van der Waals surface area (Å²) in [5, 5.41) is 16.3. The predicted molar refractivity (Wildman–Crippen MR) is 187 cm³/mol. The topological polar surface area (TPSA) is 51.8 Å². The molecule has 0 saturated heterocycles. The Kier molecular flexibility index (Phi) is 5.97. The lowest BCUT2D eigenvalue weighted by Gasteiger charge is -2.21. The summed E-state index contributed by atoms with van der Waals surface area (Å²) < 4.78 is 6.40. The molecular formula is C42H29N3O. The first-order valence-corrected chi connectivity index (χ1v) is 15.7. The van der Waals surface area contributed by atoms with Gasteiger partial charge in [0.2, 0.25) is 0 Å². The fourth-order valence-electron chi connectivity index (χ4n) is 7.33. The molecule has 2 aromatic heterocycles. The average Bonchev–Trinajstić information content (AvgIpc) is 3.67. The molecule has 0 radical (unpaired) electrons. The van der Waals surface area contributed by atoms with Crippen LogP contribution < -0.4 is 0 Å². The van der Waals surface area contributed by atoms with E-state index in [4.69, 9.17) is 14.6 Å². The number of benzene rings is 6. The molecule has 0 unspecified atom stereocenters. The van der Waals surface area contributed by atoms with Gasteiger partial charge in [0.15, 0.2) is 0 Å². The maximum absolute atomic E-state index is 6.40. The van der Waals surface area contributed by atoms with E-state index in [1.165, 1.54) is 38.9 Å². The van der Waals surface area contributed by atoms with Gasteiger partial charge in [0, 0.05) is 33.0 Å². The lowest BCUT2D eigenvalue weighted by molar-refractivity contribution is 0.669. The van der Waals surface area contributed by atoms with Crippen LogP contribution in [0.2, 0.25) is 0 Å². The van der Waals surface area contributed by atoms with Crippen LogP contribution >= 0.6 is 0 Å². The monoisotopic (exact) mass is 591 g/mol. The lowest BCUT2D eigenvalue weighted by atomic mass is 9.83. The third-order valence-electron chi connectivity index (χ3n) is 9.55. The van der Waals surface area contributed by atoms with Crippen molar-refractivity contribution in [2.24, 2.45) is 0 Å². The Morgan fingerprint density at radius 1 is 0.543 bits per heavy atom. The number of nitrogens with zero attached hydrogens (tertiary/aromatic N) is 3. The van der Waals surface area contributed by atoms with Crippen molar-refractivity contribution in [1.82, 2.24) is 15.4 Å². The van der Waals surface area contributed by atoms with Gasteiger partial charge in [-0.2, -0.15) is 0 Å². The zero-order chi connectivity index (χ0) is 30.8. The van der Waals surface area contributed by atoms with Crippen LogP contribution in [-0.2, 0) is 6.42 Å². The Balaban J connectivity index is 1.44. The van der Waals surface area contributed by atoms with E-state index in [0.717, 1.165) is 67.6 Å². The number of aromatic nitrogens is 3. The maximum Gasteiger partial charge on any atom is 0.136 e. The normalized spacial score (nSPS) is 12.0. The second-order valence-electron chi connectivity index (χ2n) is 12.1. The summed E-state index contributed by atoms with van der Waals surface area (Å²) in [6.07, 6.45) is 0.856. The number of rotatable bonds is 4. The van der Waals surface area contributed by atoms with Crippen LogP contribution in [0.4, 0.5) is 0 Å². The SMILES string of the molecule is Cc1cc2c(c(-c3c(-c4ccccc4)nnnc3-c3ccc4oc5ccccc5c4c3-c3ccccc3)c1C)Cc1ccccc1-2. The highest BCUT2D eigenvalue weighted by atomic mass is 16.3. The van der Waals surface area contributed by atoms with Gasteiger partial charge in [0.1, 0.15) is 22.6 Å². The Labute approximate surface area is 267 Å². The van der Waals surface area contributed by atoms with E-state index in [9.17, 15) is 0 Å². The molecule has 0 amide bonds. The summed E-state index contributed by atoms with van der Waals surface area (Å²) in [6.45, 7) is 4.45. The minimum absolute atomic E-state index is 0.812. The Bertz CT molecular complexity index is 2460. The summed E-state index contributed by atoms with van der Waals surface area (Å²) in [4.78, 5) is 0. The molecule has 1 aliphatic rings. The predicted octanol–water partition coefficient (Wildman–Crippen LogP) is 10.6. The minimum atomic E-state index is 0.812. The number of furan rings is 1. The maximum atomic E-state index is 6.40. The van der Waals surface area contributed by atoms with Gasteiger partial charge < -0.3 is 4.42 Å². The number of hydrogen-bond acceptors (Lipinski definition) is 4. The molecule has 6 aromatic carbocycles. The first-order chi connectivity index (χ1) is 22.7. The van der Waals surface area contributed by atoms with E-state index in [1.807, 2.05) is 18.2 Å². The summed E-state index contributed by atoms with van der Waals surface area (Å²) >= 11 is 0. The molecule has 9 rings (SSSR count). The molecule has 0 atom stereocenters. The van der Waals surface area contributed by atoms with E-state index in [-0.39, 0.29) is 0 Å². The quantitative estimate of drug-likeness (QED) is 0.204. The lowest BCUT2D eigenvalue weighted by Crippen LogP contribution is -2.05. The molecule has 0 N–H and O–H groups in total. The van der Waals surface area contributed by atoms with Gasteiger partial charge in [-0.1, -0.05) is 109 Å². The van der Waals surface area contributed by atoms with Crippen molar-refractivity contribution in [2.45, 2.75) is 20.3 Å². The van der Waals surface area contributed by atoms with Gasteiger partial charge in [-0.25, -0.2) is 0 Å². The van der Waals surface area contributed by atoms with E-state index in [0.29, 0.717) is 0 Å². The zero-order valence-corrected chi connectivity index (χ0v) is 25.6. The molecule has 0 spiro atoms. The van der Waals surface area contributed by atoms with Crippen LogP contribution in [0.5, 0.6) is 0 Å². The third-order valence-corrected chi connectivity index (χ3v) is 9.55. The molecule has 0 saturated carbocycles. The van der Waals surface area contributed by atoms with Gasteiger partial charge in [-0.3, -0.25) is 0 Å². The molecule has 4 nitrogen and oxygen atoms in total. The molecule has 1 aliphatic carbocycles. The first kappa shape index (κ1) is 26.5. The standard InChI is InChI=1S/C42H29N3O/c1-25-23-33-30-18-10-9-17-29(30)24-34(33)37(26(25)2)40-41(28-15-7-4-8-16-28)43-45-44-42(40)32-21-22-36-39(31-19-11-12-20-35(31)46-36)38(32)27-13-5-3-6-14-27/h3-23H,24H2,1-2H3. The number of hydrogen-bond donors (Lipinski definition) is 0. The largest absolute Gasteiger partial charge is 0.456 e. The van der Waals surface area contributed by atoms with Crippen LogP contribution in [0.3, 0.4) is 0 Å². The van der Waals surface area contributed by atoms with Gasteiger partial charge in [-0.15, -0.1) is 10.2 Å². The molecular weight excluding hydrogens is 562 g/mol. The average molecular weight is 592 g/mol. The first-order valence-electron chi connectivity index (χ1n) is 15.7. The minimum Gasteiger partial charge on any atom is -0.456 e. The summed E-state index contributed by atoms with van der Waals surface area (Å²) in [5.74, 6) is 0. The van der Waals surface area contributed by atoms with Crippen molar-refractivity contribution in [3.8, 4) is 55.9 Å². The molecule has 2 heterocycles. The molecule has 218 valence electrons. The van der Waals surface area contributed by atoms with Crippen LogP contribution in [0, 0.1) is 13.8 Å². The van der Waals surface area contributed by atoms with Crippen molar-refractivity contribution in [1.29, 1.82) is 0 Å². The van der Waals surface area contributed by atoms with E-state index < -0.39 is 0 Å². The van der Waals surface area contributed by atoms with Crippen molar-refractivity contribution in [3.05, 3.63) is 150 Å². The summed E-state index contributed by atoms with van der Waals surface area (Å²) in [6, 6.07) is 44.5. The zero-order valence-electron chi connectivity index (χ0n) is 25.6. The van der Waals surface area contributed by atoms with Crippen LogP contribution in [0.15, 0.2) is 132 Å². The summed E-state index contributed by atoms with van der Waals surface area (Å²) in [5.41, 5.74) is 17.5. The fourth-order valence-corrected chi connectivity index (χ4v) is 7.33. The van der Waals surface area contributed by atoms with Crippen molar-refractivity contribution in [2.75, 3.05) is 0 Å². The molecule has 4 heteroatoms. The molecule has 8 aromatic rings. The van der Waals surface area contributed by atoms with Crippen LogP contribution in [0.1, 0.15) is 22.3 Å². The van der Waals surface area contributed by atoms with Crippen molar-refractivity contribution in [3.63, 3.8) is 0 Å². The van der Waals surface area contributed by atoms with Gasteiger partial charge in [-0.05, 0) is 88.2 Å². The third kappa shape index (κ3) is 3.97. The van der Waals surface area contributed by atoms with Crippen molar-refractivity contribution < 1.29 is 4.42 Å². The second kappa shape index (κ2) is 10.4. The van der Waals surface area contributed by atoms with Crippen LogP contribution in [-0.4, -0.2) is 15.4 Å². The van der Waals surface area contributed by atoms with Crippen LogP contribution in [0.25, 0.3) is 77.8 Å². The van der Waals surface area contributed by atoms with E-state index in [2.05, 4.69) is 128 Å². The Morgan fingerprint density at radius 2 is 1.24 bits per heavy atom. The van der Waals surface area contributed by atoms with Gasteiger partial charge >= 0.3 is 0 Å². The molecule has 46 heavy (non-hydrogen) atoms. The van der Waals surface area contributed by atoms with Gasteiger partial charge in [0.25, 0.3) is 0 Å². The van der Waals surface area contributed by atoms with E-state index >= 15 is 0 Å². The molecule has 0 fully saturated rings. The summed E-state index contributed by atoms with van der Waals surface area (Å²) in [7, 11) is 0. The highest BCUT2D eigenvalue weighted by molar-refractivity contribution is 6.16. The number of aryl methyl sites for hydroxylation is 1. The highest BCUT2D eigenvalue weighted by Gasteiger charge is 2.30. The highest BCUT2D eigenvalue weighted by Crippen LogP contribution is 2.50. The number of fused-ring (bicyclic) bond motifs is 6. The van der Waals surface area contributed by atoms with Crippen molar-refractivity contribution >= 4 is 21.9 Å².